The molecule has 3 rings (SSSR count). The Balaban J connectivity index is 2.21. The van der Waals surface area contributed by atoms with Gasteiger partial charge in [0.2, 0.25) is 0 Å². The Labute approximate surface area is 105 Å². The van der Waals surface area contributed by atoms with E-state index in [1.54, 1.807) is 0 Å². The molecule has 0 saturated carbocycles. The van der Waals surface area contributed by atoms with E-state index in [0.29, 0.717) is 0 Å². The predicted octanol–water partition coefficient (Wildman–Crippen LogP) is 4.59. The molecule has 0 saturated heterocycles. The fourth-order valence-electron chi connectivity index (χ4n) is 2.04. The van der Waals surface area contributed by atoms with Gasteiger partial charge >= 0.3 is 0 Å². The second kappa shape index (κ2) is 3.94. The second-order valence-corrected chi connectivity index (χ2v) is 4.66. The molecule has 0 radical (unpaired) electrons. The van der Waals surface area contributed by atoms with Crippen LogP contribution in [0.1, 0.15) is 5.56 Å². The molecule has 2 heteroatoms. The van der Waals surface area contributed by atoms with Gasteiger partial charge in [0, 0.05) is 22.3 Å². The van der Waals surface area contributed by atoms with Gasteiger partial charge in [-0.1, -0.05) is 29.3 Å². The van der Waals surface area contributed by atoms with Crippen LogP contribution >= 0.6 is 11.6 Å². The van der Waals surface area contributed by atoms with Crippen LogP contribution in [0.5, 0.6) is 0 Å². The highest BCUT2D eigenvalue weighted by Gasteiger charge is 2.03. The van der Waals surface area contributed by atoms with Gasteiger partial charge in [0.15, 0.2) is 0 Å². The lowest BCUT2D eigenvalue weighted by Crippen LogP contribution is -1.91. The first-order valence-corrected chi connectivity index (χ1v) is 5.95. The van der Waals surface area contributed by atoms with Crippen molar-refractivity contribution in [2.45, 2.75) is 6.92 Å². The Kier molecular flexibility index (Phi) is 2.41. The molecule has 0 aliphatic rings. The zero-order valence-electron chi connectivity index (χ0n) is 9.52. The Morgan fingerprint density at radius 3 is 2.47 bits per heavy atom. The molecule has 0 unspecified atom stereocenters. The molecule has 1 nitrogen and oxygen atoms in total. The lowest BCUT2D eigenvalue weighted by Gasteiger charge is -2.05. The van der Waals surface area contributed by atoms with Gasteiger partial charge in [-0.2, -0.15) is 0 Å². The maximum atomic E-state index is 5.99. The van der Waals surface area contributed by atoms with Crippen LogP contribution in [-0.4, -0.2) is 4.57 Å². The number of aryl methyl sites for hydroxylation is 1. The number of halogens is 1. The molecule has 0 atom stereocenters. The number of hydrogen-bond donors (Lipinski definition) is 0. The van der Waals surface area contributed by atoms with E-state index < -0.39 is 0 Å². The Hall–Kier alpha value is -1.73. The van der Waals surface area contributed by atoms with Crippen molar-refractivity contribution in [3.63, 3.8) is 0 Å². The van der Waals surface area contributed by atoms with E-state index in [1.165, 1.54) is 16.8 Å². The summed E-state index contributed by atoms with van der Waals surface area (Å²) in [7, 11) is 0. The summed E-state index contributed by atoms with van der Waals surface area (Å²) in [4.78, 5) is 0. The summed E-state index contributed by atoms with van der Waals surface area (Å²) < 4.78 is 2.17. The van der Waals surface area contributed by atoms with Crippen LogP contribution in [0.4, 0.5) is 0 Å². The molecule has 84 valence electrons. The summed E-state index contributed by atoms with van der Waals surface area (Å²) >= 11 is 5.99. The molecule has 1 aromatic heterocycles. The molecule has 17 heavy (non-hydrogen) atoms. The van der Waals surface area contributed by atoms with Gasteiger partial charge in [-0.25, -0.2) is 0 Å². The quantitative estimate of drug-likeness (QED) is 0.587. The van der Waals surface area contributed by atoms with Crippen molar-refractivity contribution in [3.8, 4) is 5.69 Å². The lowest BCUT2D eigenvalue weighted by atomic mass is 10.2. The SMILES string of the molecule is Cc1ccc(-n2ccc3cc(Cl)ccc32)cc1. The zero-order chi connectivity index (χ0) is 11.8. The second-order valence-electron chi connectivity index (χ2n) is 4.22. The molecule has 3 aromatic rings. The molecule has 0 fully saturated rings. The monoisotopic (exact) mass is 241 g/mol. The lowest BCUT2D eigenvalue weighted by molar-refractivity contribution is 1.12. The average Bonchev–Trinajstić information content (AvgIpc) is 2.73. The third kappa shape index (κ3) is 1.83. The Bertz CT molecular complexity index is 665. The van der Waals surface area contributed by atoms with E-state index in [0.717, 1.165) is 10.4 Å². The smallest absolute Gasteiger partial charge is 0.0529 e. The number of nitrogens with zero attached hydrogens (tertiary/aromatic N) is 1. The Morgan fingerprint density at radius 1 is 0.941 bits per heavy atom. The fourth-order valence-corrected chi connectivity index (χ4v) is 2.22. The van der Waals surface area contributed by atoms with Gasteiger partial charge in [0.25, 0.3) is 0 Å². The zero-order valence-corrected chi connectivity index (χ0v) is 10.3. The normalized spacial score (nSPS) is 10.9. The largest absolute Gasteiger partial charge is 0.317 e. The van der Waals surface area contributed by atoms with Crippen molar-refractivity contribution >= 4 is 22.5 Å². The highest BCUT2D eigenvalue weighted by molar-refractivity contribution is 6.31. The average molecular weight is 242 g/mol. The molecule has 0 amide bonds. The van der Waals surface area contributed by atoms with Crippen molar-refractivity contribution in [1.29, 1.82) is 0 Å². The highest BCUT2D eigenvalue weighted by atomic mass is 35.5. The minimum absolute atomic E-state index is 0.777. The number of rotatable bonds is 1. The van der Waals surface area contributed by atoms with E-state index in [-0.39, 0.29) is 0 Å². The first kappa shape index (κ1) is 10.4. The molecule has 0 aliphatic heterocycles. The number of fused-ring (bicyclic) bond motifs is 1. The van der Waals surface area contributed by atoms with Crippen LogP contribution < -0.4 is 0 Å². The molecule has 0 spiro atoms. The number of aromatic nitrogens is 1. The number of benzene rings is 2. The molecular formula is C15H12ClN. The molecule has 0 aliphatic carbocycles. The van der Waals surface area contributed by atoms with Crippen molar-refractivity contribution < 1.29 is 0 Å². The van der Waals surface area contributed by atoms with Crippen LogP contribution in [0, 0.1) is 6.92 Å². The van der Waals surface area contributed by atoms with Crippen LogP contribution in [0.25, 0.3) is 16.6 Å². The summed E-state index contributed by atoms with van der Waals surface area (Å²) in [5.41, 5.74) is 3.62. The van der Waals surface area contributed by atoms with Gasteiger partial charge in [0.05, 0.1) is 5.52 Å². The van der Waals surface area contributed by atoms with Crippen molar-refractivity contribution in [1.82, 2.24) is 4.57 Å². The highest BCUT2D eigenvalue weighted by Crippen LogP contribution is 2.23. The van der Waals surface area contributed by atoms with E-state index in [2.05, 4.69) is 54.1 Å². The van der Waals surface area contributed by atoms with Crippen molar-refractivity contribution in [2.75, 3.05) is 0 Å². The predicted molar refractivity (Wildman–Crippen MR) is 73.0 cm³/mol. The summed E-state index contributed by atoms with van der Waals surface area (Å²) in [6.07, 6.45) is 2.08. The molecule has 0 N–H and O–H groups in total. The van der Waals surface area contributed by atoms with Gasteiger partial charge in [-0.15, -0.1) is 0 Å². The van der Waals surface area contributed by atoms with Gasteiger partial charge in [0.1, 0.15) is 0 Å². The molecule has 1 heterocycles. The number of hydrogen-bond acceptors (Lipinski definition) is 0. The summed E-state index contributed by atoms with van der Waals surface area (Å²) in [5, 5.41) is 1.94. The van der Waals surface area contributed by atoms with Gasteiger partial charge in [-0.3, -0.25) is 0 Å². The van der Waals surface area contributed by atoms with Crippen LogP contribution in [0.3, 0.4) is 0 Å². The summed E-state index contributed by atoms with van der Waals surface area (Å²) in [6, 6.07) is 16.6. The van der Waals surface area contributed by atoms with Crippen LogP contribution in [-0.2, 0) is 0 Å². The third-order valence-corrected chi connectivity index (χ3v) is 3.20. The summed E-state index contributed by atoms with van der Waals surface area (Å²) in [6.45, 7) is 2.09. The van der Waals surface area contributed by atoms with E-state index in [1.807, 2.05) is 12.1 Å². The summed E-state index contributed by atoms with van der Waals surface area (Å²) in [5.74, 6) is 0. The van der Waals surface area contributed by atoms with Gasteiger partial charge < -0.3 is 4.57 Å². The minimum atomic E-state index is 0.777. The molecule has 2 aromatic carbocycles. The first-order valence-electron chi connectivity index (χ1n) is 5.58. The Morgan fingerprint density at radius 2 is 1.71 bits per heavy atom. The standard InChI is InChI=1S/C15H12ClN/c1-11-2-5-14(6-3-11)17-9-8-12-10-13(16)4-7-15(12)17/h2-10H,1H3. The van der Waals surface area contributed by atoms with Crippen LogP contribution in [0.2, 0.25) is 5.02 Å². The maximum Gasteiger partial charge on any atom is 0.0529 e. The molecule has 0 bridgehead atoms. The van der Waals surface area contributed by atoms with Crippen molar-refractivity contribution in [2.24, 2.45) is 0 Å². The molecular weight excluding hydrogens is 230 g/mol. The first-order chi connectivity index (χ1) is 8.24. The van der Waals surface area contributed by atoms with E-state index >= 15 is 0 Å². The van der Waals surface area contributed by atoms with Crippen molar-refractivity contribution in [3.05, 3.63) is 65.3 Å². The maximum absolute atomic E-state index is 5.99. The van der Waals surface area contributed by atoms with E-state index in [4.69, 9.17) is 11.6 Å². The third-order valence-electron chi connectivity index (χ3n) is 2.96. The van der Waals surface area contributed by atoms with Crippen LogP contribution in [0.15, 0.2) is 54.7 Å². The van der Waals surface area contributed by atoms with E-state index in [9.17, 15) is 0 Å². The topological polar surface area (TPSA) is 4.93 Å². The minimum Gasteiger partial charge on any atom is -0.317 e. The fraction of sp³-hybridized carbons (Fsp3) is 0.0667. The van der Waals surface area contributed by atoms with Gasteiger partial charge in [-0.05, 0) is 43.3 Å².